The number of carbonyl (C=O) groups is 1. The van der Waals surface area contributed by atoms with Gasteiger partial charge in [0.15, 0.2) is 5.82 Å². The topological polar surface area (TPSA) is 100 Å². The lowest BCUT2D eigenvalue weighted by molar-refractivity contribution is 0.262. The molecule has 0 fully saturated rings. The van der Waals surface area contributed by atoms with E-state index in [-0.39, 0.29) is 0 Å². The maximum Gasteiger partial charge on any atom is 0.324 e. The van der Waals surface area contributed by atoms with Crippen molar-refractivity contribution in [1.29, 1.82) is 0 Å². The molecule has 2 aromatic heterocycles. The van der Waals surface area contributed by atoms with Gasteiger partial charge in [0.05, 0.1) is 29.1 Å². The minimum atomic E-state index is -0.424. The fourth-order valence-corrected chi connectivity index (χ4v) is 3.09. The second-order valence-corrected chi connectivity index (χ2v) is 6.74. The normalized spacial score (nSPS) is 10.7. The Hall–Kier alpha value is -4.00. The first-order valence-electron chi connectivity index (χ1n) is 9.05. The van der Waals surface area contributed by atoms with E-state index in [4.69, 9.17) is 0 Å². The Morgan fingerprint density at radius 2 is 1.72 bits per heavy atom. The number of phenols is 1. The molecule has 0 bridgehead atoms. The zero-order valence-electron chi connectivity index (χ0n) is 16.0. The third-order valence-electron chi connectivity index (χ3n) is 4.53. The number of nitrogens with zero attached hydrogens (tertiary/aromatic N) is 3. The van der Waals surface area contributed by atoms with Gasteiger partial charge >= 0.3 is 6.03 Å². The van der Waals surface area contributed by atoms with Crippen LogP contribution in [-0.4, -0.2) is 26.1 Å². The SMILES string of the molecule is Cc1cc(-c2ccc3ncc(NC(=O)Nc4cccnc4)nc3c2)cc(C)c1O. The molecule has 3 N–H and O–H groups in total. The Morgan fingerprint density at radius 1 is 0.931 bits per heavy atom. The van der Waals surface area contributed by atoms with Crippen LogP contribution in [-0.2, 0) is 0 Å². The second-order valence-electron chi connectivity index (χ2n) is 6.74. The van der Waals surface area contributed by atoms with E-state index >= 15 is 0 Å². The molecule has 7 heteroatoms. The van der Waals surface area contributed by atoms with Crippen LogP contribution in [0.5, 0.6) is 5.75 Å². The van der Waals surface area contributed by atoms with E-state index in [9.17, 15) is 9.90 Å². The number of hydrogen-bond donors (Lipinski definition) is 3. The van der Waals surface area contributed by atoms with Crippen molar-refractivity contribution in [2.75, 3.05) is 10.6 Å². The molecule has 0 aliphatic rings. The van der Waals surface area contributed by atoms with Gasteiger partial charge in [-0.2, -0.15) is 0 Å². The van der Waals surface area contributed by atoms with Gasteiger partial charge in [-0.1, -0.05) is 6.07 Å². The number of anilines is 2. The summed E-state index contributed by atoms with van der Waals surface area (Å²) in [7, 11) is 0. The highest BCUT2D eigenvalue weighted by molar-refractivity contribution is 5.99. The van der Waals surface area contributed by atoms with Crippen molar-refractivity contribution in [3.05, 3.63) is 72.2 Å². The van der Waals surface area contributed by atoms with Crippen molar-refractivity contribution in [2.24, 2.45) is 0 Å². The Morgan fingerprint density at radius 3 is 2.45 bits per heavy atom. The van der Waals surface area contributed by atoms with E-state index in [1.807, 2.05) is 44.2 Å². The Labute approximate surface area is 167 Å². The van der Waals surface area contributed by atoms with Crippen molar-refractivity contribution in [2.45, 2.75) is 13.8 Å². The first-order valence-corrected chi connectivity index (χ1v) is 9.05. The van der Waals surface area contributed by atoms with E-state index in [0.717, 1.165) is 27.8 Å². The maximum absolute atomic E-state index is 12.2. The zero-order chi connectivity index (χ0) is 20.4. The Bertz CT molecular complexity index is 1190. The number of aryl methyl sites for hydroxylation is 2. The number of urea groups is 1. The molecule has 0 unspecified atom stereocenters. The van der Waals surface area contributed by atoms with Gasteiger partial charge < -0.3 is 10.4 Å². The molecular formula is C22H19N5O2. The molecule has 29 heavy (non-hydrogen) atoms. The molecule has 4 aromatic rings. The maximum atomic E-state index is 12.2. The standard InChI is InChI=1S/C22H19N5O2/c1-13-8-16(9-14(2)21(13)28)15-5-6-18-19(10-15)26-20(12-24-18)27-22(29)25-17-4-3-7-23-11-17/h3-12,28H,1-2H3,(H2,25,26,27,29). The summed E-state index contributed by atoms with van der Waals surface area (Å²) in [6.07, 6.45) is 4.70. The van der Waals surface area contributed by atoms with Gasteiger partial charge in [-0.3, -0.25) is 15.3 Å². The van der Waals surface area contributed by atoms with Gasteiger partial charge in [0.25, 0.3) is 0 Å². The highest BCUT2D eigenvalue weighted by Gasteiger charge is 2.09. The number of aromatic hydroxyl groups is 1. The van der Waals surface area contributed by atoms with Crippen LogP contribution in [0.25, 0.3) is 22.2 Å². The predicted octanol–water partition coefficient (Wildman–Crippen LogP) is 4.66. The highest BCUT2D eigenvalue weighted by Crippen LogP contribution is 2.30. The summed E-state index contributed by atoms with van der Waals surface area (Å²) < 4.78 is 0. The molecule has 7 nitrogen and oxygen atoms in total. The number of hydrogen-bond acceptors (Lipinski definition) is 5. The molecule has 0 atom stereocenters. The molecule has 2 aromatic carbocycles. The highest BCUT2D eigenvalue weighted by atomic mass is 16.3. The summed E-state index contributed by atoms with van der Waals surface area (Å²) in [5.41, 5.74) is 5.52. The van der Waals surface area contributed by atoms with Crippen molar-refractivity contribution < 1.29 is 9.90 Å². The largest absolute Gasteiger partial charge is 0.507 e. The Kier molecular flexibility index (Phi) is 4.78. The molecule has 4 rings (SSSR count). The van der Waals surface area contributed by atoms with Crippen molar-refractivity contribution in [3.8, 4) is 16.9 Å². The summed E-state index contributed by atoms with van der Waals surface area (Å²) in [4.78, 5) is 25.0. The van der Waals surface area contributed by atoms with Gasteiger partial charge in [-0.15, -0.1) is 0 Å². The molecule has 2 heterocycles. The molecule has 0 aliphatic carbocycles. The summed E-state index contributed by atoms with van der Waals surface area (Å²) in [5, 5.41) is 15.4. The fourth-order valence-electron chi connectivity index (χ4n) is 3.09. The van der Waals surface area contributed by atoms with Crippen molar-refractivity contribution in [1.82, 2.24) is 15.0 Å². The van der Waals surface area contributed by atoms with Crippen LogP contribution < -0.4 is 10.6 Å². The van der Waals surface area contributed by atoms with Crippen LogP contribution in [0.4, 0.5) is 16.3 Å². The summed E-state index contributed by atoms with van der Waals surface area (Å²) >= 11 is 0. The quantitative estimate of drug-likeness (QED) is 0.476. The van der Waals surface area contributed by atoms with Crippen molar-refractivity contribution in [3.63, 3.8) is 0 Å². The summed E-state index contributed by atoms with van der Waals surface area (Å²) in [6.45, 7) is 3.74. The summed E-state index contributed by atoms with van der Waals surface area (Å²) in [5.74, 6) is 0.648. The average molecular weight is 385 g/mol. The molecular weight excluding hydrogens is 366 g/mol. The number of aromatic nitrogens is 3. The number of phenolic OH excluding ortho intramolecular Hbond substituents is 1. The van der Waals surface area contributed by atoms with Gasteiger partial charge in [-0.25, -0.2) is 9.78 Å². The van der Waals surface area contributed by atoms with E-state index in [0.29, 0.717) is 22.8 Å². The van der Waals surface area contributed by atoms with E-state index in [1.54, 1.807) is 24.5 Å². The lowest BCUT2D eigenvalue weighted by Gasteiger charge is -2.10. The lowest BCUT2D eigenvalue weighted by atomic mass is 9.99. The minimum Gasteiger partial charge on any atom is -0.507 e. The molecule has 0 radical (unpaired) electrons. The summed E-state index contributed by atoms with van der Waals surface area (Å²) in [6, 6.07) is 12.7. The van der Waals surface area contributed by atoms with Crippen molar-refractivity contribution >= 4 is 28.6 Å². The number of pyridine rings is 1. The zero-order valence-corrected chi connectivity index (χ0v) is 16.0. The number of benzene rings is 2. The molecule has 0 aliphatic heterocycles. The third kappa shape index (κ3) is 3.98. The number of amides is 2. The number of carbonyl (C=O) groups excluding carboxylic acids is 1. The van der Waals surface area contributed by atoms with E-state index < -0.39 is 6.03 Å². The molecule has 2 amide bonds. The number of nitrogens with one attached hydrogen (secondary N) is 2. The Balaban J connectivity index is 1.61. The molecule has 144 valence electrons. The molecule has 0 saturated heterocycles. The van der Waals surface area contributed by atoms with E-state index in [1.165, 1.54) is 6.20 Å². The van der Waals surface area contributed by atoms with E-state index in [2.05, 4.69) is 25.6 Å². The fraction of sp³-hybridized carbons (Fsp3) is 0.0909. The van der Waals surface area contributed by atoms with Gasteiger partial charge in [0.2, 0.25) is 0 Å². The first-order chi connectivity index (χ1) is 14.0. The van der Waals surface area contributed by atoms with Crippen LogP contribution in [0.15, 0.2) is 61.1 Å². The smallest absolute Gasteiger partial charge is 0.324 e. The first kappa shape index (κ1) is 18.4. The van der Waals surface area contributed by atoms with Crippen LogP contribution in [0.3, 0.4) is 0 Å². The number of rotatable bonds is 3. The monoisotopic (exact) mass is 385 g/mol. The number of fused-ring (bicyclic) bond motifs is 1. The third-order valence-corrected chi connectivity index (χ3v) is 4.53. The second kappa shape index (κ2) is 7.55. The van der Waals surface area contributed by atoms with Crippen LogP contribution >= 0.6 is 0 Å². The predicted molar refractivity (Wildman–Crippen MR) is 113 cm³/mol. The molecule has 0 saturated carbocycles. The van der Waals surface area contributed by atoms with Gasteiger partial charge in [0, 0.05) is 6.20 Å². The minimum absolute atomic E-state index is 0.306. The lowest BCUT2D eigenvalue weighted by Crippen LogP contribution is -2.20. The van der Waals surface area contributed by atoms with Gasteiger partial charge in [0.1, 0.15) is 5.75 Å². The van der Waals surface area contributed by atoms with Crippen LogP contribution in [0.1, 0.15) is 11.1 Å². The average Bonchev–Trinajstić information content (AvgIpc) is 2.71. The van der Waals surface area contributed by atoms with Gasteiger partial charge in [-0.05, 0) is 72.5 Å². The van der Waals surface area contributed by atoms with Crippen LogP contribution in [0.2, 0.25) is 0 Å². The molecule has 0 spiro atoms. The van der Waals surface area contributed by atoms with Crippen LogP contribution in [0, 0.1) is 13.8 Å².